The fourth-order valence-electron chi connectivity index (χ4n) is 2.74. The van der Waals surface area contributed by atoms with E-state index in [1.54, 1.807) is 24.3 Å². The maximum atomic E-state index is 9.34. The van der Waals surface area contributed by atoms with Crippen molar-refractivity contribution in [2.75, 3.05) is 17.6 Å². The minimum absolute atomic E-state index is 0.160. The van der Waals surface area contributed by atoms with Gasteiger partial charge in [-0.2, -0.15) is 9.50 Å². The Kier molecular flexibility index (Phi) is 4.17. The molecule has 0 aliphatic rings. The number of nitrogens with zero attached hydrogens (tertiary/aromatic N) is 4. The number of phenolic OH excluding ortho intramolecular Hbond substituents is 1. The quantitative estimate of drug-likeness (QED) is 0.386. The van der Waals surface area contributed by atoms with Gasteiger partial charge in [0.05, 0.1) is 11.8 Å². The Bertz CT molecular complexity index is 1090. The molecule has 27 heavy (non-hydrogen) atoms. The molecule has 0 bridgehead atoms. The third-order valence-corrected chi connectivity index (χ3v) is 4.07. The summed E-state index contributed by atoms with van der Waals surface area (Å²) in [6, 6.07) is 10.5. The van der Waals surface area contributed by atoms with Gasteiger partial charge < -0.3 is 26.0 Å². The molecule has 0 radical (unpaired) electrons. The number of hydrogen-bond acceptors (Lipinski definition) is 8. The molecule has 1 aromatic carbocycles. The lowest BCUT2D eigenvalue weighted by molar-refractivity contribution is 0.475. The molecular formula is C18H17N7O2. The van der Waals surface area contributed by atoms with Crippen molar-refractivity contribution >= 4 is 23.6 Å². The van der Waals surface area contributed by atoms with Crippen molar-refractivity contribution < 1.29 is 9.52 Å². The Morgan fingerprint density at radius 1 is 1.22 bits per heavy atom. The molecule has 136 valence electrons. The minimum atomic E-state index is 0.160. The van der Waals surface area contributed by atoms with E-state index >= 15 is 0 Å². The molecular weight excluding hydrogens is 346 g/mol. The maximum absolute atomic E-state index is 9.34. The topological polar surface area (TPSA) is 138 Å². The number of furan rings is 1. The smallest absolute Gasteiger partial charge is 0.225 e. The molecule has 4 aromatic rings. The molecule has 0 saturated heterocycles. The van der Waals surface area contributed by atoms with Crippen LogP contribution in [0, 0.1) is 5.41 Å². The molecule has 5 N–H and O–H groups in total. The number of benzene rings is 1. The molecule has 4 rings (SSSR count). The van der Waals surface area contributed by atoms with Crippen LogP contribution in [-0.4, -0.2) is 37.4 Å². The van der Waals surface area contributed by atoms with E-state index in [9.17, 15) is 5.11 Å². The molecule has 0 atom stereocenters. The molecule has 3 aromatic heterocycles. The van der Waals surface area contributed by atoms with Crippen LogP contribution in [0.2, 0.25) is 0 Å². The standard InChI is InChI=1S/C18H17N7O2/c19-10-13-15(21-8-7-11-3-5-12(26)6-4-11)23-18(20)25-17(13)22-16(24-25)14-2-1-9-27-14/h1-6,9-10,19,21,26H,7-8H2,(H2,20,23). The highest BCUT2D eigenvalue weighted by Gasteiger charge is 2.17. The number of hydrogen-bond donors (Lipinski definition) is 4. The van der Waals surface area contributed by atoms with E-state index in [1.807, 2.05) is 12.1 Å². The van der Waals surface area contributed by atoms with Gasteiger partial charge in [-0.15, -0.1) is 5.10 Å². The van der Waals surface area contributed by atoms with Crippen molar-refractivity contribution in [3.8, 4) is 17.3 Å². The number of aromatic nitrogens is 4. The summed E-state index contributed by atoms with van der Waals surface area (Å²) in [4.78, 5) is 8.76. The third kappa shape index (κ3) is 3.17. The highest BCUT2D eigenvalue weighted by atomic mass is 16.3. The molecule has 0 spiro atoms. The van der Waals surface area contributed by atoms with E-state index in [-0.39, 0.29) is 11.7 Å². The van der Waals surface area contributed by atoms with E-state index in [0.29, 0.717) is 35.2 Å². The fraction of sp³-hybridized carbons (Fsp3) is 0.111. The number of phenols is 1. The van der Waals surface area contributed by atoms with Gasteiger partial charge >= 0.3 is 0 Å². The average molecular weight is 363 g/mol. The number of fused-ring (bicyclic) bond motifs is 1. The lowest BCUT2D eigenvalue weighted by Gasteiger charge is -2.10. The molecule has 0 aliphatic heterocycles. The third-order valence-electron chi connectivity index (χ3n) is 4.07. The number of nitrogens with two attached hydrogens (primary N) is 1. The van der Waals surface area contributed by atoms with Crippen LogP contribution in [0.5, 0.6) is 5.75 Å². The van der Waals surface area contributed by atoms with Crippen molar-refractivity contribution in [3.63, 3.8) is 0 Å². The number of aromatic hydroxyl groups is 1. The van der Waals surface area contributed by atoms with Gasteiger partial charge in [0, 0.05) is 12.8 Å². The van der Waals surface area contributed by atoms with Crippen LogP contribution < -0.4 is 11.1 Å². The van der Waals surface area contributed by atoms with E-state index in [1.165, 1.54) is 17.0 Å². The second-order valence-corrected chi connectivity index (χ2v) is 5.87. The van der Waals surface area contributed by atoms with Crippen LogP contribution in [0.15, 0.2) is 47.1 Å². The van der Waals surface area contributed by atoms with Gasteiger partial charge in [-0.05, 0) is 36.2 Å². The molecule has 0 amide bonds. The molecule has 0 unspecified atom stereocenters. The van der Waals surface area contributed by atoms with Crippen molar-refractivity contribution in [2.45, 2.75) is 6.42 Å². The summed E-state index contributed by atoms with van der Waals surface area (Å²) in [5.41, 5.74) is 8.00. The SMILES string of the molecule is N=Cc1c(NCCc2ccc(O)cc2)nc(N)n2nc(-c3ccco3)nc12. The van der Waals surface area contributed by atoms with Gasteiger partial charge in [0.2, 0.25) is 11.8 Å². The first-order valence-corrected chi connectivity index (χ1v) is 8.28. The van der Waals surface area contributed by atoms with Gasteiger partial charge in [-0.3, -0.25) is 0 Å². The van der Waals surface area contributed by atoms with Crippen molar-refractivity contribution in [3.05, 3.63) is 53.8 Å². The second kappa shape index (κ2) is 6.79. The number of nitrogens with one attached hydrogen (secondary N) is 2. The zero-order valence-corrected chi connectivity index (χ0v) is 14.3. The van der Waals surface area contributed by atoms with Crippen LogP contribution >= 0.6 is 0 Å². The van der Waals surface area contributed by atoms with Crippen LogP contribution in [0.1, 0.15) is 11.1 Å². The zero-order chi connectivity index (χ0) is 18.8. The predicted molar refractivity (Wildman–Crippen MR) is 101 cm³/mol. The lowest BCUT2D eigenvalue weighted by Crippen LogP contribution is -2.13. The van der Waals surface area contributed by atoms with Crippen LogP contribution in [0.25, 0.3) is 17.2 Å². The van der Waals surface area contributed by atoms with E-state index in [0.717, 1.165) is 12.0 Å². The number of nitrogen functional groups attached to an aromatic ring is 1. The van der Waals surface area contributed by atoms with Crippen LogP contribution in [-0.2, 0) is 6.42 Å². The Morgan fingerprint density at radius 2 is 2.04 bits per heavy atom. The Hall–Kier alpha value is -3.88. The van der Waals surface area contributed by atoms with Gasteiger partial charge in [0.1, 0.15) is 11.6 Å². The van der Waals surface area contributed by atoms with Crippen LogP contribution in [0.3, 0.4) is 0 Å². The summed E-state index contributed by atoms with van der Waals surface area (Å²) in [5, 5.41) is 24.6. The first-order chi connectivity index (χ1) is 13.2. The summed E-state index contributed by atoms with van der Waals surface area (Å²) in [7, 11) is 0. The summed E-state index contributed by atoms with van der Waals surface area (Å²) in [6.07, 6.45) is 3.43. The molecule has 0 aliphatic carbocycles. The van der Waals surface area contributed by atoms with E-state index < -0.39 is 0 Å². The predicted octanol–water partition coefficient (Wildman–Crippen LogP) is 2.32. The summed E-state index contributed by atoms with van der Waals surface area (Å²) in [6.45, 7) is 0.577. The fourth-order valence-corrected chi connectivity index (χ4v) is 2.74. The Labute approximate surface area is 154 Å². The Balaban J connectivity index is 1.62. The van der Waals surface area contributed by atoms with Crippen molar-refractivity contribution in [1.29, 1.82) is 5.41 Å². The van der Waals surface area contributed by atoms with Gasteiger partial charge in [-0.25, -0.2) is 4.98 Å². The Morgan fingerprint density at radius 3 is 2.74 bits per heavy atom. The maximum Gasteiger partial charge on any atom is 0.225 e. The van der Waals surface area contributed by atoms with Crippen molar-refractivity contribution in [2.24, 2.45) is 0 Å². The summed E-state index contributed by atoms with van der Waals surface area (Å²) >= 11 is 0. The molecule has 0 fully saturated rings. The van der Waals surface area contributed by atoms with E-state index in [4.69, 9.17) is 15.6 Å². The number of rotatable bonds is 6. The first kappa shape index (κ1) is 16.6. The largest absolute Gasteiger partial charge is 0.508 e. The second-order valence-electron chi connectivity index (χ2n) is 5.87. The van der Waals surface area contributed by atoms with Gasteiger partial charge in [-0.1, -0.05) is 12.1 Å². The molecule has 9 nitrogen and oxygen atoms in total. The highest BCUT2D eigenvalue weighted by Crippen LogP contribution is 2.23. The van der Waals surface area contributed by atoms with Crippen LogP contribution in [0.4, 0.5) is 11.8 Å². The highest BCUT2D eigenvalue weighted by molar-refractivity contribution is 5.93. The van der Waals surface area contributed by atoms with Crippen molar-refractivity contribution in [1.82, 2.24) is 19.6 Å². The summed E-state index contributed by atoms with van der Waals surface area (Å²) in [5.74, 6) is 1.74. The summed E-state index contributed by atoms with van der Waals surface area (Å²) < 4.78 is 6.72. The monoisotopic (exact) mass is 363 g/mol. The minimum Gasteiger partial charge on any atom is -0.508 e. The molecule has 3 heterocycles. The first-order valence-electron chi connectivity index (χ1n) is 8.28. The van der Waals surface area contributed by atoms with Gasteiger partial charge in [0.25, 0.3) is 0 Å². The zero-order valence-electron chi connectivity index (χ0n) is 14.3. The normalized spacial score (nSPS) is 11.0. The van der Waals surface area contributed by atoms with E-state index in [2.05, 4.69) is 20.4 Å². The lowest BCUT2D eigenvalue weighted by atomic mass is 10.1. The van der Waals surface area contributed by atoms with Gasteiger partial charge in [0.15, 0.2) is 11.4 Å². The molecule has 0 saturated carbocycles. The number of anilines is 2. The average Bonchev–Trinajstić information content (AvgIpc) is 3.33. The molecule has 9 heteroatoms.